The van der Waals surface area contributed by atoms with Crippen molar-refractivity contribution in [1.82, 2.24) is 20.4 Å². The molecular formula is C22H27BN4O9. The monoisotopic (exact) mass is 502 g/mol. The Balaban J connectivity index is 1.49. The van der Waals surface area contributed by atoms with Gasteiger partial charge in [0, 0.05) is 25.0 Å². The van der Waals surface area contributed by atoms with Crippen LogP contribution in [0.25, 0.3) is 0 Å². The van der Waals surface area contributed by atoms with Crippen LogP contribution in [0.2, 0.25) is 0 Å². The average molecular weight is 502 g/mol. The van der Waals surface area contributed by atoms with Gasteiger partial charge in [-0.15, -0.1) is 0 Å². The molecule has 14 heteroatoms. The summed E-state index contributed by atoms with van der Waals surface area (Å²) < 4.78 is 5.40. The van der Waals surface area contributed by atoms with Gasteiger partial charge in [-0.25, -0.2) is 9.59 Å². The van der Waals surface area contributed by atoms with Crippen molar-refractivity contribution in [2.45, 2.75) is 38.2 Å². The summed E-state index contributed by atoms with van der Waals surface area (Å²) in [6.07, 6.45) is 0.932. The smallest absolute Gasteiger partial charge is 0.534 e. The van der Waals surface area contributed by atoms with E-state index in [0.29, 0.717) is 24.9 Å². The quantitative estimate of drug-likeness (QED) is 0.216. The maximum absolute atomic E-state index is 13.3. The molecule has 0 bridgehead atoms. The molecule has 3 aliphatic rings. The van der Waals surface area contributed by atoms with Crippen molar-refractivity contribution in [2.75, 3.05) is 26.2 Å². The number of likely N-dealkylation sites (N-methyl/N-ethyl adjacent to an activating group) is 1. The predicted molar refractivity (Wildman–Crippen MR) is 123 cm³/mol. The van der Waals surface area contributed by atoms with E-state index in [1.165, 1.54) is 17.0 Å². The summed E-state index contributed by atoms with van der Waals surface area (Å²) in [7, 11) is -1.57. The number of aliphatic hydroxyl groups excluding tert-OH is 1. The Morgan fingerprint density at radius 3 is 2.56 bits per heavy atom. The van der Waals surface area contributed by atoms with E-state index in [9.17, 15) is 39.2 Å². The zero-order valence-corrected chi connectivity index (χ0v) is 19.6. The largest absolute Gasteiger partial charge is 0.547 e. The Labute approximate surface area is 206 Å². The van der Waals surface area contributed by atoms with Crippen LogP contribution in [0.3, 0.4) is 0 Å². The van der Waals surface area contributed by atoms with Gasteiger partial charge in [-0.1, -0.05) is 12.1 Å². The van der Waals surface area contributed by atoms with Gasteiger partial charge >= 0.3 is 30.9 Å². The van der Waals surface area contributed by atoms with Crippen molar-refractivity contribution in [2.24, 2.45) is 5.41 Å². The van der Waals surface area contributed by atoms with Gasteiger partial charge in [-0.05, 0) is 37.8 Å². The second-order valence-corrected chi connectivity index (χ2v) is 9.17. The summed E-state index contributed by atoms with van der Waals surface area (Å²) in [5.74, 6) is -4.72. The molecule has 0 aromatic heterocycles. The van der Waals surface area contributed by atoms with Crippen molar-refractivity contribution in [3.05, 3.63) is 29.3 Å². The van der Waals surface area contributed by atoms with E-state index >= 15 is 0 Å². The van der Waals surface area contributed by atoms with E-state index in [2.05, 4.69) is 10.6 Å². The number of para-hydroxylation sites is 1. The first-order valence-electron chi connectivity index (χ1n) is 11.6. The molecule has 192 valence electrons. The van der Waals surface area contributed by atoms with Crippen LogP contribution in [0.15, 0.2) is 18.2 Å². The molecule has 4 rings (SSSR count). The number of piperazine rings is 1. The minimum atomic E-state index is -1.57. The van der Waals surface area contributed by atoms with E-state index in [-0.39, 0.29) is 30.8 Å². The molecular weight excluding hydrogens is 475 g/mol. The third-order valence-corrected chi connectivity index (χ3v) is 6.96. The van der Waals surface area contributed by atoms with E-state index < -0.39 is 60.8 Å². The van der Waals surface area contributed by atoms with E-state index in [1.807, 2.05) is 0 Å². The highest BCUT2D eigenvalue weighted by Gasteiger charge is 2.54. The van der Waals surface area contributed by atoms with Crippen LogP contribution in [0, 0.1) is 5.41 Å². The van der Waals surface area contributed by atoms with Gasteiger partial charge in [0.1, 0.15) is 11.8 Å². The highest BCUT2D eigenvalue weighted by Crippen LogP contribution is 2.48. The normalized spacial score (nSPS) is 21.3. The van der Waals surface area contributed by atoms with Crippen molar-refractivity contribution in [3.8, 4) is 5.75 Å². The number of urea groups is 1. The Hall–Kier alpha value is -3.65. The lowest BCUT2D eigenvalue weighted by molar-refractivity contribution is -0.153. The number of carboxylic acids is 1. The van der Waals surface area contributed by atoms with E-state index in [1.54, 1.807) is 13.0 Å². The second kappa shape index (κ2) is 9.78. The Morgan fingerprint density at radius 1 is 1.22 bits per heavy atom. The van der Waals surface area contributed by atoms with E-state index in [4.69, 9.17) is 4.65 Å². The first kappa shape index (κ1) is 25.4. The van der Waals surface area contributed by atoms with Crippen LogP contribution in [0.1, 0.15) is 35.7 Å². The molecule has 1 unspecified atom stereocenters. The summed E-state index contributed by atoms with van der Waals surface area (Å²) in [6.45, 7) is 1.75. The van der Waals surface area contributed by atoms with Gasteiger partial charge in [-0.3, -0.25) is 19.3 Å². The lowest BCUT2D eigenvalue weighted by atomic mass is 9.72. The molecule has 36 heavy (non-hydrogen) atoms. The number of fused-ring (bicyclic) bond motifs is 1. The molecule has 0 spiro atoms. The molecule has 5 N–H and O–H groups in total. The number of carboxylic acid groups (broad SMARTS) is 1. The Kier molecular flexibility index (Phi) is 6.91. The lowest BCUT2D eigenvalue weighted by Gasteiger charge is -2.35. The number of rotatable bonds is 7. The van der Waals surface area contributed by atoms with Crippen LogP contribution in [-0.2, 0) is 20.8 Å². The van der Waals surface area contributed by atoms with Gasteiger partial charge in [0.05, 0.1) is 18.1 Å². The summed E-state index contributed by atoms with van der Waals surface area (Å²) in [6, 6.07) is 2.29. The molecule has 1 aromatic rings. The summed E-state index contributed by atoms with van der Waals surface area (Å²) in [5, 5.41) is 34.8. The van der Waals surface area contributed by atoms with Crippen LogP contribution in [0.4, 0.5) is 4.79 Å². The number of nitrogens with one attached hydrogen (secondary N) is 2. The molecule has 1 saturated heterocycles. The third-order valence-electron chi connectivity index (χ3n) is 6.96. The predicted octanol–water partition coefficient (Wildman–Crippen LogP) is -1.63. The number of carbonyl (C=O) groups is 5. The average Bonchev–Trinajstić information content (AvgIpc) is 3.65. The Morgan fingerprint density at radius 2 is 1.94 bits per heavy atom. The van der Waals surface area contributed by atoms with Crippen LogP contribution in [0.5, 0.6) is 5.75 Å². The highest BCUT2D eigenvalue weighted by molar-refractivity contribution is 6.47. The molecule has 1 saturated carbocycles. The highest BCUT2D eigenvalue weighted by atomic mass is 16.5. The standard InChI is InChI=1S/C22H27BN4O9/c1-2-26-8-9-27(19(31)18(26)30)21(34)25-16(22(11-28)6-7-22)17(29)24-14-10-12-4-3-5-13(20(32)33)15(12)36-23(14)35/h3-5,14,16,28,35H,2,6-11H2,1H3,(H,24,29)(H,25,34)(H,32,33)/t14-,16?/m0/s1. The van der Waals surface area contributed by atoms with Crippen LogP contribution >= 0.6 is 0 Å². The van der Waals surface area contributed by atoms with Gasteiger partial charge in [0.2, 0.25) is 5.91 Å². The zero-order chi connectivity index (χ0) is 26.2. The molecule has 2 aliphatic heterocycles. The maximum Gasteiger partial charge on any atom is 0.547 e. The number of imide groups is 1. The van der Waals surface area contributed by atoms with Gasteiger partial charge in [-0.2, -0.15) is 0 Å². The van der Waals surface area contributed by atoms with Crippen molar-refractivity contribution in [1.29, 1.82) is 0 Å². The molecule has 5 amide bonds. The first-order valence-corrected chi connectivity index (χ1v) is 11.6. The minimum Gasteiger partial charge on any atom is -0.534 e. The number of aliphatic hydroxyl groups is 1. The summed E-state index contributed by atoms with van der Waals surface area (Å²) >= 11 is 0. The fourth-order valence-electron chi connectivity index (χ4n) is 4.55. The minimum absolute atomic E-state index is 0.0104. The van der Waals surface area contributed by atoms with Crippen LogP contribution in [-0.4, -0.2) is 100 Å². The van der Waals surface area contributed by atoms with Crippen LogP contribution < -0.4 is 15.3 Å². The third kappa shape index (κ3) is 4.61. The van der Waals surface area contributed by atoms with Crippen molar-refractivity contribution in [3.63, 3.8) is 0 Å². The molecule has 0 radical (unpaired) electrons. The molecule has 2 fully saturated rings. The molecule has 1 aromatic carbocycles. The fraction of sp³-hybridized carbons (Fsp3) is 0.500. The number of carbonyl (C=O) groups excluding carboxylic acids is 4. The topological polar surface area (TPSA) is 186 Å². The molecule has 2 heterocycles. The number of benzene rings is 1. The number of hydrogen-bond acceptors (Lipinski definition) is 8. The molecule has 2 atom stereocenters. The zero-order valence-electron chi connectivity index (χ0n) is 19.6. The van der Waals surface area contributed by atoms with Gasteiger partial charge in [0.25, 0.3) is 0 Å². The number of hydrogen-bond donors (Lipinski definition) is 5. The lowest BCUT2D eigenvalue weighted by Crippen LogP contribution is -2.63. The SMILES string of the molecule is CCN1CCN(C(=O)NC(C(=O)N[C@H]2Cc3cccc(C(=O)O)c3OB2O)C2(CO)CC2)C(=O)C1=O. The Bertz CT molecular complexity index is 1110. The van der Waals surface area contributed by atoms with Crippen molar-refractivity contribution >= 4 is 36.8 Å². The van der Waals surface area contributed by atoms with Crippen molar-refractivity contribution < 1.29 is 43.9 Å². The number of nitrogens with zero attached hydrogens (tertiary/aromatic N) is 2. The first-order chi connectivity index (χ1) is 17.1. The number of amides is 5. The summed E-state index contributed by atoms with van der Waals surface area (Å²) in [5.41, 5.74) is -0.610. The summed E-state index contributed by atoms with van der Waals surface area (Å²) in [4.78, 5) is 64.3. The van der Waals surface area contributed by atoms with Gasteiger partial charge in [0.15, 0.2) is 0 Å². The number of aromatic carboxylic acids is 1. The van der Waals surface area contributed by atoms with E-state index in [0.717, 1.165) is 4.90 Å². The molecule has 1 aliphatic carbocycles. The second-order valence-electron chi connectivity index (χ2n) is 9.17. The molecule has 13 nitrogen and oxygen atoms in total. The maximum atomic E-state index is 13.3. The fourth-order valence-corrected chi connectivity index (χ4v) is 4.55. The van der Waals surface area contributed by atoms with Gasteiger partial charge < -0.3 is 35.4 Å².